The van der Waals surface area contributed by atoms with Gasteiger partial charge in [-0.2, -0.15) is 0 Å². The molecule has 0 spiro atoms. The summed E-state index contributed by atoms with van der Waals surface area (Å²) in [6, 6.07) is 10.3. The molecule has 0 aliphatic heterocycles. The summed E-state index contributed by atoms with van der Waals surface area (Å²) in [7, 11) is 0. The van der Waals surface area contributed by atoms with Crippen LogP contribution < -0.4 is 0 Å². The monoisotopic (exact) mass is 258 g/mol. The SMILES string of the molecule is C=C(/C=C\CCCCC)C(O)CCc1ccccc1. The first-order valence-electron chi connectivity index (χ1n) is 7.31. The van der Waals surface area contributed by atoms with Crippen molar-refractivity contribution in [3.05, 3.63) is 60.2 Å². The Hall–Kier alpha value is -1.34. The van der Waals surface area contributed by atoms with Gasteiger partial charge >= 0.3 is 0 Å². The van der Waals surface area contributed by atoms with Crippen LogP contribution in [0.1, 0.15) is 44.6 Å². The standard InChI is InChI=1S/C18H26O/c1-3-4-5-6-8-11-16(2)18(19)15-14-17-12-9-7-10-13-17/h7-13,18-19H,2-6,14-15H2,1H3/b11-8-. The zero-order chi connectivity index (χ0) is 13.9. The van der Waals surface area contributed by atoms with Crippen LogP contribution in [0.25, 0.3) is 0 Å². The topological polar surface area (TPSA) is 20.2 Å². The highest BCUT2D eigenvalue weighted by Crippen LogP contribution is 2.11. The highest BCUT2D eigenvalue weighted by Gasteiger charge is 2.06. The molecule has 1 N–H and O–H groups in total. The summed E-state index contributed by atoms with van der Waals surface area (Å²) in [6.45, 7) is 6.15. The van der Waals surface area contributed by atoms with E-state index in [0.29, 0.717) is 0 Å². The maximum atomic E-state index is 10.0. The maximum Gasteiger partial charge on any atom is 0.0787 e. The average Bonchev–Trinajstić information content (AvgIpc) is 2.45. The molecule has 1 aromatic rings. The van der Waals surface area contributed by atoms with E-state index < -0.39 is 6.10 Å². The lowest BCUT2D eigenvalue weighted by Gasteiger charge is -2.10. The fourth-order valence-corrected chi connectivity index (χ4v) is 1.99. The van der Waals surface area contributed by atoms with Gasteiger partial charge < -0.3 is 5.11 Å². The normalized spacial score (nSPS) is 12.7. The molecule has 0 aliphatic carbocycles. The summed E-state index contributed by atoms with van der Waals surface area (Å²) in [5, 5.41) is 10.0. The second-order valence-corrected chi connectivity index (χ2v) is 5.01. The van der Waals surface area contributed by atoms with Gasteiger partial charge in [0.1, 0.15) is 0 Å². The minimum atomic E-state index is -0.428. The van der Waals surface area contributed by atoms with Crippen molar-refractivity contribution in [2.45, 2.75) is 51.6 Å². The van der Waals surface area contributed by atoms with Crippen LogP contribution in [0.15, 0.2) is 54.6 Å². The van der Waals surface area contributed by atoms with E-state index in [2.05, 4.69) is 31.7 Å². The number of benzene rings is 1. The molecule has 0 aliphatic rings. The molecular formula is C18H26O. The van der Waals surface area contributed by atoms with Crippen LogP contribution in [0, 0.1) is 0 Å². The smallest absolute Gasteiger partial charge is 0.0787 e. The molecule has 1 rings (SSSR count). The van der Waals surface area contributed by atoms with Crippen molar-refractivity contribution in [2.24, 2.45) is 0 Å². The third-order valence-electron chi connectivity index (χ3n) is 3.28. The van der Waals surface area contributed by atoms with Crippen LogP contribution in [0.2, 0.25) is 0 Å². The van der Waals surface area contributed by atoms with Crippen molar-refractivity contribution in [3.63, 3.8) is 0 Å². The minimum Gasteiger partial charge on any atom is -0.388 e. The summed E-state index contributed by atoms with van der Waals surface area (Å²) in [6.07, 6.45) is 10.1. The van der Waals surface area contributed by atoms with Crippen LogP contribution in [0.4, 0.5) is 0 Å². The number of hydrogen-bond donors (Lipinski definition) is 1. The molecule has 0 aromatic heterocycles. The fraction of sp³-hybridized carbons (Fsp3) is 0.444. The second kappa shape index (κ2) is 9.57. The zero-order valence-electron chi connectivity index (χ0n) is 12.0. The van der Waals surface area contributed by atoms with Crippen molar-refractivity contribution >= 4 is 0 Å². The molecular weight excluding hydrogens is 232 g/mol. The van der Waals surface area contributed by atoms with Gasteiger partial charge in [0, 0.05) is 0 Å². The highest BCUT2D eigenvalue weighted by molar-refractivity contribution is 5.20. The Bertz CT molecular complexity index is 378. The Morgan fingerprint density at radius 3 is 2.68 bits per heavy atom. The molecule has 0 amide bonds. The lowest BCUT2D eigenvalue weighted by Crippen LogP contribution is -2.09. The van der Waals surface area contributed by atoms with E-state index in [0.717, 1.165) is 24.8 Å². The van der Waals surface area contributed by atoms with E-state index in [1.807, 2.05) is 24.3 Å². The van der Waals surface area contributed by atoms with Gasteiger partial charge in [0.25, 0.3) is 0 Å². The van der Waals surface area contributed by atoms with Crippen molar-refractivity contribution in [1.29, 1.82) is 0 Å². The van der Waals surface area contributed by atoms with Gasteiger partial charge in [0.15, 0.2) is 0 Å². The van der Waals surface area contributed by atoms with Gasteiger partial charge in [-0.3, -0.25) is 0 Å². The molecule has 1 atom stereocenters. The molecule has 0 heterocycles. The number of hydrogen-bond acceptors (Lipinski definition) is 1. The third-order valence-corrected chi connectivity index (χ3v) is 3.28. The van der Waals surface area contributed by atoms with Gasteiger partial charge in [-0.1, -0.05) is 68.8 Å². The lowest BCUT2D eigenvalue weighted by molar-refractivity contribution is 0.205. The minimum absolute atomic E-state index is 0.428. The Labute approximate surface area is 117 Å². The number of unbranched alkanes of at least 4 members (excludes halogenated alkanes) is 3. The van der Waals surface area contributed by atoms with Crippen molar-refractivity contribution in [1.82, 2.24) is 0 Å². The first kappa shape index (κ1) is 15.7. The van der Waals surface area contributed by atoms with Gasteiger partial charge in [0.2, 0.25) is 0 Å². The predicted molar refractivity (Wildman–Crippen MR) is 83.2 cm³/mol. The first-order valence-corrected chi connectivity index (χ1v) is 7.31. The van der Waals surface area contributed by atoms with Crippen molar-refractivity contribution in [3.8, 4) is 0 Å². The molecule has 1 nitrogen and oxygen atoms in total. The first-order chi connectivity index (χ1) is 9.24. The van der Waals surface area contributed by atoms with Gasteiger partial charge in [-0.15, -0.1) is 0 Å². The number of aryl methyl sites for hydroxylation is 1. The molecule has 0 fully saturated rings. The molecule has 1 heteroatoms. The largest absolute Gasteiger partial charge is 0.388 e. The summed E-state index contributed by atoms with van der Waals surface area (Å²) in [5.74, 6) is 0. The van der Waals surface area contributed by atoms with E-state index in [-0.39, 0.29) is 0 Å². The quantitative estimate of drug-likeness (QED) is 0.504. The number of aliphatic hydroxyl groups is 1. The molecule has 1 aromatic carbocycles. The van der Waals surface area contributed by atoms with E-state index in [4.69, 9.17) is 0 Å². The van der Waals surface area contributed by atoms with Crippen molar-refractivity contribution in [2.75, 3.05) is 0 Å². The Balaban J connectivity index is 2.25. The number of aliphatic hydroxyl groups excluding tert-OH is 1. The lowest BCUT2D eigenvalue weighted by atomic mass is 10.0. The molecule has 104 valence electrons. The summed E-state index contributed by atoms with van der Waals surface area (Å²) < 4.78 is 0. The van der Waals surface area contributed by atoms with E-state index >= 15 is 0 Å². The van der Waals surface area contributed by atoms with Gasteiger partial charge in [-0.05, 0) is 36.8 Å². The third kappa shape index (κ3) is 6.97. The van der Waals surface area contributed by atoms with Crippen LogP contribution in [0.3, 0.4) is 0 Å². The van der Waals surface area contributed by atoms with Gasteiger partial charge in [0.05, 0.1) is 6.10 Å². The maximum absolute atomic E-state index is 10.0. The molecule has 0 bridgehead atoms. The molecule has 0 radical (unpaired) electrons. The predicted octanol–water partition coefficient (Wildman–Crippen LogP) is 4.67. The van der Waals surface area contributed by atoms with Gasteiger partial charge in [-0.25, -0.2) is 0 Å². The number of rotatable bonds is 9. The van der Waals surface area contributed by atoms with Crippen LogP contribution in [-0.4, -0.2) is 11.2 Å². The van der Waals surface area contributed by atoms with Crippen LogP contribution in [0.5, 0.6) is 0 Å². The van der Waals surface area contributed by atoms with E-state index in [1.54, 1.807) is 0 Å². The summed E-state index contributed by atoms with van der Waals surface area (Å²) in [5.41, 5.74) is 2.09. The summed E-state index contributed by atoms with van der Waals surface area (Å²) in [4.78, 5) is 0. The Morgan fingerprint density at radius 2 is 2.00 bits per heavy atom. The Kier molecular flexibility index (Phi) is 7.92. The molecule has 0 saturated carbocycles. The molecule has 1 unspecified atom stereocenters. The van der Waals surface area contributed by atoms with Crippen LogP contribution in [-0.2, 0) is 6.42 Å². The van der Waals surface area contributed by atoms with Crippen LogP contribution >= 0.6 is 0 Å². The summed E-state index contributed by atoms with van der Waals surface area (Å²) >= 11 is 0. The average molecular weight is 258 g/mol. The van der Waals surface area contributed by atoms with E-state index in [9.17, 15) is 5.11 Å². The van der Waals surface area contributed by atoms with E-state index in [1.165, 1.54) is 24.8 Å². The Morgan fingerprint density at radius 1 is 1.26 bits per heavy atom. The molecule has 0 saturated heterocycles. The van der Waals surface area contributed by atoms with Crippen molar-refractivity contribution < 1.29 is 5.11 Å². The zero-order valence-corrected chi connectivity index (χ0v) is 12.0. The highest BCUT2D eigenvalue weighted by atomic mass is 16.3. The fourth-order valence-electron chi connectivity index (χ4n) is 1.99. The number of allylic oxidation sites excluding steroid dienone is 1. The molecule has 19 heavy (non-hydrogen) atoms. The second-order valence-electron chi connectivity index (χ2n) is 5.01.